The fourth-order valence-electron chi connectivity index (χ4n) is 14.6. The van der Waals surface area contributed by atoms with Crippen molar-refractivity contribution >= 4 is 111 Å². The molecule has 0 spiro atoms. The van der Waals surface area contributed by atoms with Crippen LogP contribution in [-0.4, -0.2) is 277 Å². The van der Waals surface area contributed by atoms with E-state index in [2.05, 4.69) is 33.5 Å². The van der Waals surface area contributed by atoms with Gasteiger partial charge in [0.15, 0.2) is 0 Å². The molecule has 31 nitrogen and oxygen atoms in total. The third kappa shape index (κ3) is 39.6. The largest absolute Gasteiger partial charge is 0.511 e. The molecule has 0 bridgehead atoms. The number of amides is 12. The molecular weight excluding hydrogens is 1610 g/mol. The molecule has 1 fully saturated rings. The SMILES string of the molecule is C/C=C/C[C@@H](C)C(OC(=O)OCOC(=O)CCCSSCC(NC(=O)CCCCCCCCCCCCCCC)C(=O)OCC)C1C(=O)N[C@@H](CC)C(=O)N(C)CC(=O)N(C)[C@@H](CC(C)C)C(=O)N[C@@H](C(C)C)C(=O)N(C)[C@@H](CC(C)C)C(=O)N[C@@H](C)C(=O)N[C@H](C)C(=O)N(C)[C@@H](CC(C)C)C(=O)N(C)C(CC(C)C)C(=O)N(C)[C@@H](C(C)C)C(=O)N1C. The van der Waals surface area contributed by atoms with E-state index in [1.807, 2.05) is 55.4 Å². The fraction of sp³-hybridized carbons (Fsp3) is 0.809. The Morgan fingerprint density at radius 1 is 0.475 bits per heavy atom. The molecule has 0 aromatic heterocycles. The summed E-state index contributed by atoms with van der Waals surface area (Å²) in [5.41, 5.74) is 0. The van der Waals surface area contributed by atoms with E-state index < -0.39 is 187 Å². The Morgan fingerprint density at radius 2 is 0.951 bits per heavy atom. The van der Waals surface area contributed by atoms with Crippen LogP contribution in [0.4, 0.5) is 4.79 Å². The van der Waals surface area contributed by atoms with E-state index in [0.717, 1.165) is 29.1 Å². The first kappa shape index (κ1) is 112. The van der Waals surface area contributed by atoms with Crippen LogP contribution in [0.5, 0.6) is 0 Å². The molecule has 1 aliphatic rings. The molecule has 122 heavy (non-hydrogen) atoms. The van der Waals surface area contributed by atoms with E-state index in [-0.39, 0.29) is 86.9 Å². The Kier molecular flexibility index (Phi) is 54.5. The average molecular weight is 1760 g/mol. The average Bonchev–Trinajstić information content (AvgIpc) is 0.790. The second kappa shape index (κ2) is 59.2. The summed E-state index contributed by atoms with van der Waals surface area (Å²) in [5.74, 6) is -12.2. The highest BCUT2D eigenvalue weighted by Gasteiger charge is 2.48. The van der Waals surface area contributed by atoms with E-state index >= 15 is 19.2 Å². The second-order valence-corrected chi connectivity index (χ2v) is 37.9. The summed E-state index contributed by atoms with van der Waals surface area (Å²) in [4.78, 5) is 226. The molecule has 13 atom stereocenters. The summed E-state index contributed by atoms with van der Waals surface area (Å²) in [6.07, 6.45) is 16.5. The highest BCUT2D eigenvalue weighted by atomic mass is 33.1. The van der Waals surface area contributed by atoms with Gasteiger partial charge in [0.25, 0.3) is 0 Å². The van der Waals surface area contributed by atoms with Gasteiger partial charge in [0.2, 0.25) is 77.7 Å². The van der Waals surface area contributed by atoms with E-state index in [1.165, 1.54) is 167 Å². The van der Waals surface area contributed by atoms with Crippen LogP contribution < -0.4 is 26.6 Å². The van der Waals surface area contributed by atoms with Crippen molar-refractivity contribution in [3.05, 3.63) is 12.2 Å². The van der Waals surface area contributed by atoms with E-state index in [1.54, 1.807) is 67.5 Å². The highest BCUT2D eigenvalue weighted by Crippen LogP contribution is 2.29. The lowest BCUT2D eigenvalue weighted by molar-refractivity contribution is -0.159. The van der Waals surface area contributed by atoms with Crippen LogP contribution in [0.3, 0.4) is 0 Å². The van der Waals surface area contributed by atoms with Crippen molar-refractivity contribution in [1.82, 2.24) is 60.9 Å². The first-order valence-electron chi connectivity index (χ1n) is 44.6. The number of carbonyl (C=O) groups excluding carboxylic acids is 15. The zero-order valence-corrected chi connectivity index (χ0v) is 80.6. The lowest BCUT2D eigenvalue weighted by Crippen LogP contribution is -2.64. The number of hydrogen-bond acceptors (Lipinski definition) is 21. The van der Waals surface area contributed by atoms with Gasteiger partial charge in [-0.15, -0.1) is 0 Å². The number of ether oxygens (including phenoxy) is 4. The number of carbonyl (C=O) groups is 15. The molecular formula is C89H158N12O19S2. The van der Waals surface area contributed by atoms with Gasteiger partial charge in [-0.05, 0) is 120 Å². The molecule has 1 saturated heterocycles. The van der Waals surface area contributed by atoms with Gasteiger partial charge in [0.1, 0.15) is 72.6 Å². The number of rotatable bonds is 42. The number of nitrogens with one attached hydrogen (secondary N) is 5. The van der Waals surface area contributed by atoms with Crippen molar-refractivity contribution in [2.75, 3.05) is 80.8 Å². The summed E-state index contributed by atoms with van der Waals surface area (Å²) in [5, 5.41) is 13.8. The number of hydrogen-bond donors (Lipinski definition) is 5. The Hall–Kier alpha value is -7.71. The molecule has 1 aliphatic heterocycles. The molecule has 0 aliphatic carbocycles. The maximum atomic E-state index is 15.9. The monoisotopic (exact) mass is 1760 g/mol. The van der Waals surface area contributed by atoms with Crippen molar-refractivity contribution in [3.8, 4) is 0 Å². The lowest BCUT2D eigenvalue weighted by atomic mass is 9.91. The first-order chi connectivity index (χ1) is 57.3. The van der Waals surface area contributed by atoms with Crippen molar-refractivity contribution < 1.29 is 90.9 Å². The van der Waals surface area contributed by atoms with Crippen molar-refractivity contribution in [2.24, 2.45) is 41.4 Å². The van der Waals surface area contributed by atoms with Gasteiger partial charge in [-0.2, -0.15) is 0 Å². The lowest BCUT2D eigenvalue weighted by Gasteiger charge is -2.42. The van der Waals surface area contributed by atoms with Gasteiger partial charge in [-0.1, -0.05) is 215 Å². The van der Waals surface area contributed by atoms with Crippen LogP contribution in [0.15, 0.2) is 12.2 Å². The quantitative estimate of drug-likeness (QED) is 0.00946. The summed E-state index contributed by atoms with van der Waals surface area (Å²) < 4.78 is 22.1. The molecule has 1 rings (SSSR count). The smallest absolute Gasteiger partial charge is 0.464 e. The Bertz CT molecular complexity index is 3330. The maximum absolute atomic E-state index is 15.9. The molecule has 0 saturated carbocycles. The van der Waals surface area contributed by atoms with Gasteiger partial charge < -0.3 is 79.8 Å². The van der Waals surface area contributed by atoms with Crippen LogP contribution >= 0.6 is 21.6 Å². The third-order valence-corrected chi connectivity index (χ3v) is 24.5. The summed E-state index contributed by atoms with van der Waals surface area (Å²) in [6.45, 7) is 31.8. The van der Waals surface area contributed by atoms with E-state index in [4.69, 9.17) is 18.9 Å². The van der Waals surface area contributed by atoms with Crippen LogP contribution in [0.25, 0.3) is 0 Å². The predicted octanol–water partition coefficient (Wildman–Crippen LogP) is 10.6. The third-order valence-electron chi connectivity index (χ3n) is 22.0. The molecule has 700 valence electrons. The zero-order chi connectivity index (χ0) is 93.0. The fourth-order valence-corrected chi connectivity index (χ4v) is 16.9. The summed E-state index contributed by atoms with van der Waals surface area (Å²) in [6, 6.07) is -14.3. The number of allylic oxidation sites excluding steroid dienone is 2. The number of nitrogens with zero attached hydrogens (tertiary/aromatic N) is 7. The predicted molar refractivity (Wildman–Crippen MR) is 478 cm³/mol. The number of esters is 2. The number of likely N-dealkylation sites (N-methyl/N-ethyl adjacent to an activating group) is 7. The summed E-state index contributed by atoms with van der Waals surface area (Å²) in [7, 11) is 12.3. The highest BCUT2D eigenvalue weighted by molar-refractivity contribution is 8.76. The van der Waals surface area contributed by atoms with Crippen molar-refractivity contribution in [3.63, 3.8) is 0 Å². The zero-order valence-electron chi connectivity index (χ0n) is 78.9. The number of unbranched alkanes of at least 4 members (excludes halogenated alkanes) is 12. The van der Waals surface area contributed by atoms with Crippen LogP contribution in [0.2, 0.25) is 0 Å². The Balaban J connectivity index is 4.03. The molecule has 33 heteroatoms. The Morgan fingerprint density at radius 3 is 1.45 bits per heavy atom. The van der Waals surface area contributed by atoms with Crippen LogP contribution in [0, 0.1) is 41.4 Å². The van der Waals surface area contributed by atoms with Crippen molar-refractivity contribution in [2.45, 2.75) is 345 Å². The molecule has 1 heterocycles. The van der Waals surface area contributed by atoms with E-state index in [9.17, 15) is 52.7 Å². The minimum atomic E-state index is -1.86. The van der Waals surface area contributed by atoms with Gasteiger partial charge >= 0.3 is 18.1 Å². The minimum Gasteiger partial charge on any atom is -0.464 e. The molecule has 0 aromatic carbocycles. The maximum Gasteiger partial charge on any atom is 0.511 e. The van der Waals surface area contributed by atoms with Crippen LogP contribution in [0.1, 0.15) is 273 Å². The minimum absolute atomic E-state index is 0.0563. The van der Waals surface area contributed by atoms with Gasteiger partial charge in [0, 0.05) is 73.7 Å². The Labute approximate surface area is 738 Å². The molecule has 12 amide bonds. The molecule has 0 aromatic rings. The normalized spacial score (nSPS) is 22.4. The van der Waals surface area contributed by atoms with Gasteiger partial charge in [-0.3, -0.25) is 62.3 Å². The van der Waals surface area contributed by atoms with Gasteiger partial charge in [0.05, 0.1) is 13.2 Å². The molecule has 4 unspecified atom stereocenters. The molecule has 5 N–H and O–H groups in total. The standard InChI is InChI=1S/C89H158N12O19S2/c1-27-31-33-34-35-36-37-38-39-40-41-42-43-46-71(102)92-66(88(115)117-30-4)54-122-121-48-44-47-73(104)118-55-119-89(116)120-77(62(17)45-32-28-2)76-81(108)93-65(29-3)83(110)95(20)53-72(103)96(21)67(49-56(5)6)80(107)94-74(60(13)14)86(113)97(22)68(50-57(7)8)79(106)90-63(18)78(105)91-64(19)82(109)98(23)69(51-58(9)10)84(111)99(24)70(52-59(11)12)85(112)100(25)75(61(15)16)87(114)101(76)26/h28,32,56-70,74-77H,27,29-31,33-55H2,1-26H3,(H,90,106)(H,91,105)(H,92,102)(H,93,108)(H,94,107)/b32-28+/t62-,63+,64-,65+,66?,67+,68+,69+,70?,74+,75+,76?,77?/m1/s1. The molecule has 0 radical (unpaired) electrons. The topological polar surface area (TPSA) is 376 Å². The van der Waals surface area contributed by atoms with Crippen LogP contribution in [-0.2, 0) is 86.1 Å². The first-order valence-corrected chi connectivity index (χ1v) is 47.1. The van der Waals surface area contributed by atoms with Crippen molar-refractivity contribution in [1.29, 1.82) is 0 Å². The van der Waals surface area contributed by atoms with E-state index in [0.29, 0.717) is 25.0 Å². The summed E-state index contributed by atoms with van der Waals surface area (Å²) >= 11 is 0. The van der Waals surface area contributed by atoms with Gasteiger partial charge in [-0.25, -0.2) is 9.59 Å². The second-order valence-electron chi connectivity index (χ2n) is 35.3.